The first-order valence-electron chi connectivity index (χ1n) is 7.42. The Bertz CT molecular complexity index is 543. The number of ether oxygens (including phenoxy) is 1. The number of amides is 1. The van der Waals surface area contributed by atoms with E-state index in [1.807, 2.05) is 27.7 Å². The number of benzene rings is 1. The molecular formula is C17H25NO3. The highest BCUT2D eigenvalue weighted by atomic mass is 16.5. The van der Waals surface area contributed by atoms with Gasteiger partial charge in [0.1, 0.15) is 5.60 Å². The van der Waals surface area contributed by atoms with Crippen LogP contribution in [0.1, 0.15) is 44.6 Å². The zero-order valence-electron chi connectivity index (χ0n) is 13.6. The Morgan fingerprint density at radius 1 is 1.10 bits per heavy atom. The van der Waals surface area contributed by atoms with Crippen LogP contribution < -0.4 is 5.32 Å². The summed E-state index contributed by atoms with van der Waals surface area (Å²) in [5.41, 5.74) is 5.40. The van der Waals surface area contributed by atoms with Gasteiger partial charge in [0.25, 0.3) is 5.91 Å². The third kappa shape index (κ3) is 2.97. The molecule has 2 N–H and O–H groups in total. The van der Waals surface area contributed by atoms with Crippen LogP contribution in [0.2, 0.25) is 0 Å². The van der Waals surface area contributed by atoms with Crippen LogP contribution in [0.25, 0.3) is 0 Å². The van der Waals surface area contributed by atoms with Crippen LogP contribution in [0.4, 0.5) is 0 Å². The van der Waals surface area contributed by atoms with Crippen LogP contribution in [0.5, 0.6) is 0 Å². The summed E-state index contributed by atoms with van der Waals surface area (Å²) in [6.07, 6.45) is 0.567. The molecule has 1 atom stereocenters. The molecule has 1 heterocycles. The summed E-state index contributed by atoms with van der Waals surface area (Å²) in [4.78, 5) is 12.5. The van der Waals surface area contributed by atoms with Gasteiger partial charge in [-0.05, 0) is 62.4 Å². The van der Waals surface area contributed by atoms with Crippen molar-refractivity contribution in [3.8, 4) is 0 Å². The molecule has 1 aliphatic rings. The normalized spacial score (nSPS) is 21.6. The van der Waals surface area contributed by atoms with Gasteiger partial charge in [0.2, 0.25) is 0 Å². The summed E-state index contributed by atoms with van der Waals surface area (Å²) in [6, 6.07) is 0. The second-order valence-corrected chi connectivity index (χ2v) is 6.21. The van der Waals surface area contributed by atoms with Crippen molar-refractivity contribution >= 4 is 5.91 Å². The predicted molar refractivity (Wildman–Crippen MR) is 82.8 cm³/mol. The van der Waals surface area contributed by atoms with Gasteiger partial charge in [-0.3, -0.25) is 4.79 Å². The fraction of sp³-hybridized carbons (Fsp3) is 0.588. The molecule has 1 saturated heterocycles. The lowest BCUT2D eigenvalue weighted by atomic mass is 9.89. The molecule has 1 amide bonds. The molecule has 21 heavy (non-hydrogen) atoms. The fourth-order valence-electron chi connectivity index (χ4n) is 2.91. The van der Waals surface area contributed by atoms with Gasteiger partial charge in [0, 0.05) is 25.1 Å². The highest BCUT2D eigenvalue weighted by molar-refractivity contribution is 5.98. The average molecular weight is 291 g/mol. The molecule has 1 aliphatic heterocycles. The average Bonchev–Trinajstić information content (AvgIpc) is 2.88. The second-order valence-electron chi connectivity index (χ2n) is 6.21. The second kappa shape index (κ2) is 5.78. The third-order valence-electron chi connectivity index (χ3n) is 4.89. The molecule has 0 aromatic heterocycles. The quantitative estimate of drug-likeness (QED) is 0.896. The molecule has 116 valence electrons. The van der Waals surface area contributed by atoms with Crippen molar-refractivity contribution in [1.29, 1.82) is 0 Å². The topological polar surface area (TPSA) is 58.6 Å². The summed E-state index contributed by atoms with van der Waals surface area (Å²) in [5, 5.41) is 13.1. The minimum Gasteiger partial charge on any atom is -0.386 e. The van der Waals surface area contributed by atoms with E-state index in [1.54, 1.807) is 0 Å². The minimum atomic E-state index is -0.924. The Hall–Kier alpha value is -1.39. The van der Waals surface area contributed by atoms with Crippen molar-refractivity contribution in [3.63, 3.8) is 0 Å². The monoisotopic (exact) mass is 291 g/mol. The molecule has 0 aliphatic carbocycles. The Balaban J connectivity index is 2.23. The van der Waals surface area contributed by atoms with Crippen molar-refractivity contribution < 1.29 is 14.6 Å². The van der Waals surface area contributed by atoms with Crippen molar-refractivity contribution in [2.45, 2.75) is 46.6 Å². The maximum absolute atomic E-state index is 12.5. The van der Waals surface area contributed by atoms with E-state index in [9.17, 15) is 9.90 Å². The van der Waals surface area contributed by atoms with E-state index in [4.69, 9.17) is 4.74 Å². The van der Waals surface area contributed by atoms with E-state index in [0.29, 0.717) is 13.0 Å². The summed E-state index contributed by atoms with van der Waals surface area (Å²) >= 11 is 0. The van der Waals surface area contributed by atoms with E-state index in [1.165, 1.54) is 5.56 Å². The van der Waals surface area contributed by atoms with E-state index >= 15 is 0 Å². The predicted octanol–water partition coefficient (Wildman–Crippen LogP) is 2.11. The molecule has 1 fully saturated rings. The molecule has 0 bridgehead atoms. The fourth-order valence-corrected chi connectivity index (χ4v) is 2.91. The number of carbonyl (C=O) groups excluding carboxylic acids is 1. The first-order chi connectivity index (χ1) is 9.77. The van der Waals surface area contributed by atoms with Gasteiger partial charge in [-0.15, -0.1) is 0 Å². The lowest BCUT2D eigenvalue weighted by Crippen LogP contribution is -2.43. The standard InChI is InChI=1S/C17H25NO3/c1-10-11(2)13(4)15(14(5)12(10)3)16(19)18-8-17(20)6-7-21-9-17/h20H,6-9H2,1-5H3,(H,18,19). The van der Waals surface area contributed by atoms with Gasteiger partial charge in [0.15, 0.2) is 0 Å². The Kier molecular flexibility index (Phi) is 4.40. The van der Waals surface area contributed by atoms with Crippen molar-refractivity contribution in [3.05, 3.63) is 33.4 Å². The van der Waals surface area contributed by atoms with Gasteiger partial charge in [0.05, 0.1) is 6.61 Å². The highest BCUT2D eigenvalue weighted by Crippen LogP contribution is 2.26. The number of nitrogens with one attached hydrogen (secondary N) is 1. The molecule has 2 rings (SSSR count). The van der Waals surface area contributed by atoms with Crippen molar-refractivity contribution in [1.82, 2.24) is 5.32 Å². The van der Waals surface area contributed by atoms with Crippen LogP contribution in [-0.2, 0) is 4.74 Å². The Morgan fingerprint density at radius 3 is 2.10 bits per heavy atom. The summed E-state index contributed by atoms with van der Waals surface area (Å²) in [5.74, 6) is -0.114. The Labute approximate surface area is 126 Å². The largest absolute Gasteiger partial charge is 0.386 e. The first-order valence-corrected chi connectivity index (χ1v) is 7.42. The molecule has 4 heteroatoms. The lowest BCUT2D eigenvalue weighted by molar-refractivity contribution is 0.0264. The number of hydrogen-bond acceptors (Lipinski definition) is 3. The van der Waals surface area contributed by atoms with Gasteiger partial charge in [-0.25, -0.2) is 0 Å². The molecule has 4 nitrogen and oxygen atoms in total. The van der Waals surface area contributed by atoms with Gasteiger partial charge in [-0.2, -0.15) is 0 Å². The smallest absolute Gasteiger partial charge is 0.251 e. The highest BCUT2D eigenvalue weighted by Gasteiger charge is 2.33. The van der Waals surface area contributed by atoms with Crippen molar-refractivity contribution in [2.75, 3.05) is 19.8 Å². The zero-order valence-corrected chi connectivity index (χ0v) is 13.6. The maximum Gasteiger partial charge on any atom is 0.251 e. The van der Waals surface area contributed by atoms with Gasteiger partial charge in [-0.1, -0.05) is 0 Å². The number of carbonyl (C=O) groups is 1. The molecule has 1 aromatic rings. The van der Waals surface area contributed by atoms with Crippen LogP contribution >= 0.6 is 0 Å². The van der Waals surface area contributed by atoms with Crippen LogP contribution in [0, 0.1) is 34.6 Å². The van der Waals surface area contributed by atoms with Crippen LogP contribution in [-0.4, -0.2) is 36.4 Å². The van der Waals surface area contributed by atoms with E-state index < -0.39 is 5.60 Å². The molecular weight excluding hydrogens is 266 g/mol. The maximum atomic E-state index is 12.5. The lowest BCUT2D eigenvalue weighted by Gasteiger charge is -2.23. The molecule has 0 saturated carbocycles. The van der Waals surface area contributed by atoms with Gasteiger partial charge >= 0.3 is 0 Å². The number of hydrogen-bond donors (Lipinski definition) is 2. The van der Waals surface area contributed by atoms with Crippen LogP contribution in [0.3, 0.4) is 0 Å². The summed E-state index contributed by atoms with van der Waals surface area (Å²) < 4.78 is 5.20. The molecule has 0 spiro atoms. The summed E-state index contributed by atoms with van der Waals surface area (Å²) in [7, 11) is 0. The summed E-state index contributed by atoms with van der Waals surface area (Å²) in [6.45, 7) is 11.2. The number of rotatable bonds is 3. The minimum absolute atomic E-state index is 0.114. The molecule has 1 aromatic carbocycles. The SMILES string of the molecule is Cc1c(C)c(C)c(C(=O)NCC2(O)CCOC2)c(C)c1C. The van der Waals surface area contributed by atoms with Crippen LogP contribution in [0.15, 0.2) is 0 Å². The van der Waals surface area contributed by atoms with E-state index in [-0.39, 0.29) is 19.1 Å². The third-order valence-corrected chi connectivity index (χ3v) is 4.89. The molecule has 1 unspecified atom stereocenters. The first kappa shape index (κ1) is 16.0. The van der Waals surface area contributed by atoms with Crippen molar-refractivity contribution in [2.24, 2.45) is 0 Å². The van der Waals surface area contributed by atoms with Gasteiger partial charge < -0.3 is 15.2 Å². The van der Waals surface area contributed by atoms with E-state index in [2.05, 4.69) is 12.2 Å². The number of aliphatic hydroxyl groups is 1. The molecule has 0 radical (unpaired) electrons. The zero-order chi connectivity index (χ0) is 15.8. The van der Waals surface area contributed by atoms with E-state index in [0.717, 1.165) is 27.8 Å². The Morgan fingerprint density at radius 2 is 1.62 bits per heavy atom.